The third-order valence-electron chi connectivity index (χ3n) is 5.30. The molecule has 0 spiro atoms. The van der Waals surface area contributed by atoms with Gasteiger partial charge >= 0.3 is 11.9 Å². The van der Waals surface area contributed by atoms with Gasteiger partial charge in [-0.3, -0.25) is 0 Å². The Morgan fingerprint density at radius 3 is 2.80 bits per heavy atom. The summed E-state index contributed by atoms with van der Waals surface area (Å²) in [6.07, 6.45) is 0.519. The Labute approximate surface area is 147 Å². The average molecular weight is 348 g/mol. The Bertz CT molecular complexity index is 677. The number of ether oxygens (including phenoxy) is 3. The number of aliphatic hydroxyl groups excluding tert-OH is 1. The van der Waals surface area contributed by atoms with Crippen LogP contribution < -0.4 is 0 Å². The van der Waals surface area contributed by atoms with Gasteiger partial charge in [0.05, 0.1) is 23.7 Å². The normalized spacial score (nSPS) is 42.4. The highest BCUT2D eigenvalue weighted by atomic mass is 16.6. The molecule has 1 N–H and O–H groups in total. The third-order valence-corrected chi connectivity index (χ3v) is 5.30. The maximum atomic E-state index is 12.1. The van der Waals surface area contributed by atoms with Gasteiger partial charge in [0, 0.05) is 24.0 Å². The largest absolute Gasteiger partial charge is 0.458 e. The minimum Gasteiger partial charge on any atom is -0.458 e. The van der Waals surface area contributed by atoms with E-state index in [2.05, 4.69) is 13.2 Å². The molecular weight excluding hydrogens is 324 g/mol. The molecule has 0 bridgehead atoms. The summed E-state index contributed by atoms with van der Waals surface area (Å²) in [5.74, 6) is -1.55. The fourth-order valence-electron chi connectivity index (χ4n) is 3.59. The van der Waals surface area contributed by atoms with Crippen LogP contribution in [0.1, 0.15) is 33.6 Å². The molecule has 2 saturated heterocycles. The van der Waals surface area contributed by atoms with Crippen molar-refractivity contribution in [2.45, 2.75) is 63.6 Å². The minimum absolute atomic E-state index is 0.125. The van der Waals surface area contributed by atoms with Crippen LogP contribution in [0.3, 0.4) is 0 Å². The molecule has 6 nitrogen and oxygen atoms in total. The fourth-order valence-corrected chi connectivity index (χ4v) is 3.59. The molecule has 3 aliphatic rings. The zero-order valence-electron chi connectivity index (χ0n) is 14.8. The number of epoxide rings is 1. The summed E-state index contributed by atoms with van der Waals surface area (Å²) >= 11 is 0. The van der Waals surface area contributed by atoms with Crippen LogP contribution in [-0.4, -0.2) is 47.1 Å². The lowest BCUT2D eigenvalue weighted by atomic mass is 9.82. The van der Waals surface area contributed by atoms with Crippen LogP contribution in [0.4, 0.5) is 0 Å². The Kier molecular flexibility index (Phi) is 4.37. The lowest BCUT2D eigenvalue weighted by Gasteiger charge is -2.29. The van der Waals surface area contributed by atoms with Crippen LogP contribution in [-0.2, 0) is 23.8 Å². The first-order valence-corrected chi connectivity index (χ1v) is 8.43. The molecule has 0 radical (unpaired) electrons. The number of rotatable bonds is 2. The van der Waals surface area contributed by atoms with Crippen molar-refractivity contribution in [3.8, 4) is 0 Å². The molecule has 0 saturated carbocycles. The van der Waals surface area contributed by atoms with Gasteiger partial charge in [-0.15, -0.1) is 0 Å². The van der Waals surface area contributed by atoms with Gasteiger partial charge in [-0.05, 0) is 32.4 Å². The standard InChI is InChI=1S/C19H24O6/c1-9(2)17(21)24-14-8-19(5)15(25-19)7-12(20)10(3)6-13-16(14)11(4)18(22)23-13/h6,12-16,20H,1,4,7-8H2,2-3,5H3/b10-6+. The molecule has 0 aromatic rings. The van der Waals surface area contributed by atoms with Crippen molar-refractivity contribution in [1.82, 2.24) is 0 Å². The first-order chi connectivity index (χ1) is 11.6. The highest BCUT2D eigenvalue weighted by Crippen LogP contribution is 2.47. The molecule has 136 valence electrons. The highest BCUT2D eigenvalue weighted by molar-refractivity contribution is 5.91. The van der Waals surface area contributed by atoms with E-state index in [9.17, 15) is 14.7 Å². The second-order valence-electron chi connectivity index (χ2n) is 7.43. The number of hydrogen-bond acceptors (Lipinski definition) is 6. The molecule has 6 unspecified atom stereocenters. The zero-order chi connectivity index (χ0) is 18.5. The first-order valence-electron chi connectivity index (χ1n) is 8.43. The molecule has 0 amide bonds. The van der Waals surface area contributed by atoms with Crippen molar-refractivity contribution in [2.24, 2.45) is 5.92 Å². The monoisotopic (exact) mass is 348 g/mol. The van der Waals surface area contributed by atoms with E-state index in [1.165, 1.54) is 0 Å². The van der Waals surface area contributed by atoms with Crippen LogP contribution in [0, 0.1) is 5.92 Å². The quantitative estimate of drug-likeness (QED) is 0.355. The fraction of sp³-hybridized carbons (Fsp3) is 0.579. The second kappa shape index (κ2) is 6.11. The van der Waals surface area contributed by atoms with Gasteiger partial charge < -0.3 is 19.3 Å². The zero-order valence-corrected chi connectivity index (χ0v) is 14.8. The number of carbonyl (C=O) groups is 2. The first kappa shape index (κ1) is 17.9. The number of aliphatic hydroxyl groups is 1. The predicted octanol–water partition coefficient (Wildman–Crippen LogP) is 1.83. The van der Waals surface area contributed by atoms with E-state index in [4.69, 9.17) is 14.2 Å². The van der Waals surface area contributed by atoms with Crippen molar-refractivity contribution in [3.63, 3.8) is 0 Å². The van der Waals surface area contributed by atoms with Crippen molar-refractivity contribution in [2.75, 3.05) is 0 Å². The van der Waals surface area contributed by atoms with E-state index in [-0.39, 0.29) is 17.3 Å². The van der Waals surface area contributed by atoms with Crippen LogP contribution in [0.2, 0.25) is 0 Å². The molecule has 6 heteroatoms. The maximum absolute atomic E-state index is 12.1. The summed E-state index contributed by atoms with van der Waals surface area (Å²) in [4.78, 5) is 24.2. The number of hydrogen-bond donors (Lipinski definition) is 1. The van der Waals surface area contributed by atoms with Crippen molar-refractivity contribution < 1.29 is 28.9 Å². The lowest BCUT2D eigenvalue weighted by molar-refractivity contribution is -0.148. The van der Waals surface area contributed by atoms with Gasteiger partial charge in [-0.2, -0.15) is 0 Å². The molecule has 6 atom stereocenters. The maximum Gasteiger partial charge on any atom is 0.334 e. The number of carbonyl (C=O) groups excluding carboxylic acids is 2. The summed E-state index contributed by atoms with van der Waals surface area (Å²) < 4.78 is 16.8. The molecular formula is C19H24O6. The van der Waals surface area contributed by atoms with E-state index in [1.54, 1.807) is 19.9 Å². The summed E-state index contributed by atoms with van der Waals surface area (Å²) in [5.41, 5.74) is 0.728. The van der Waals surface area contributed by atoms with Gasteiger partial charge in [0.25, 0.3) is 0 Å². The van der Waals surface area contributed by atoms with Gasteiger partial charge in [0.2, 0.25) is 0 Å². The SMILES string of the molecule is C=C(C)C(=O)OC1CC2(C)OC2CC(O)/C(C)=C/C2OC(=O)C(=C)C21. The second-order valence-corrected chi connectivity index (χ2v) is 7.43. The highest BCUT2D eigenvalue weighted by Gasteiger charge is 2.57. The van der Waals surface area contributed by atoms with E-state index in [0.717, 1.165) is 0 Å². The molecule has 1 aliphatic carbocycles. The number of fused-ring (bicyclic) bond motifs is 2. The molecule has 3 rings (SSSR count). The predicted molar refractivity (Wildman–Crippen MR) is 89.5 cm³/mol. The average Bonchev–Trinajstić information content (AvgIpc) is 3.04. The van der Waals surface area contributed by atoms with Crippen LogP contribution in [0.25, 0.3) is 0 Å². The Hall–Kier alpha value is -1.92. The smallest absolute Gasteiger partial charge is 0.334 e. The van der Waals surface area contributed by atoms with Crippen molar-refractivity contribution in [1.29, 1.82) is 0 Å². The van der Waals surface area contributed by atoms with Crippen molar-refractivity contribution >= 4 is 11.9 Å². The van der Waals surface area contributed by atoms with Gasteiger partial charge in [0.1, 0.15) is 12.2 Å². The van der Waals surface area contributed by atoms with Gasteiger partial charge in [0.15, 0.2) is 0 Å². The third kappa shape index (κ3) is 3.28. The van der Waals surface area contributed by atoms with Crippen LogP contribution in [0.15, 0.2) is 36.0 Å². The summed E-state index contributed by atoms with van der Waals surface area (Å²) in [7, 11) is 0. The van der Waals surface area contributed by atoms with E-state index < -0.39 is 41.8 Å². The van der Waals surface area contributed by atoms with E-state index in [1.807, 2.05) is 6.92 Å². The minimum atomic E-state index is -0.672. The molecule has 2 aliphatic heterocycles. The topological polar surface area (TPSA) is 85.4 Å². The van der Waals surface area contributed by atoms with Crippen molar-refractivity contribution in [3.05, 3.63) is 36.0 Å². The molecule has 2 fully saturated rings. The Balaban J connectivity index is 1.98. The Morgan fingerprint density at radius 1 is 1.48 bits per heavy atom. The molecule has 25 heavy (non-hydrogen) atoms. The number of esters is 2. The Morgan fingerprint density at radius 2 is 2.16 bits per heavy atom. The van der Waals surface area contributed by atoms with Crippen LogP contribution in [0.5, 0.6) is 0 Å². The summed E-state index contributed by atoms with van der Waals surface area (Å²) in [6, 6.07) is 0. The van der Waals surface area contributed by atoms with Gasteiger partial charge in [-0.25, -0.2) is 9.59 Å². The van der Waals surface area contributed by atoms with E-state index in [0.29, 0.717) is 18.4 Å². The molecule has 0 aromatic heterocycles. The molecule has 2 heterocycles. The lowest BCUT2D eigenvalue weighted by Crippen LogP contribution is -2.37. The van der Waals surface area contributed by atoms with Gasteiger partial charge in [-0.1, -0.05) is 13.2 Å². The van der Waals surface area contributed by atoms with Crippen LogP contribution >= 0.6 is 0 Å². The summed E-state index contributed by atoms with van der Waals surface area (Å²) in [6.45, 7) is 12.7. The van der Waals surface area contributed by atoms with E-state index >= 15 is 0 Å². The summed E-state index contributed by atoms with van der Waals surface area (Å²) in [5, 5.41) is 10.3. The molecule has 0 aromatic carbocycles.